The lowest BCUT2D eigenvalue weighted by Crippen LogP contribution is -2.27. The van der Waals surface area contributed by atoms with Gasteiger partial charge in [0.1, 0.15) is 0 Å². The van der Waals surface area contributed by atoms with Crippen LogP contribution in [0.3, 0.4) is 0 Å². The number of hydrogen-bond donors (Lipinski definition) is 1. The van der Waals surface area contributed by atoms with E-state index in [2.05, 4.69) is 96.3 Å². The van der Waals surface area contributed by atoms with Gasteiger partial charge in [0, 0.05) is 0 Å². The summed E-state index contributed by atoms with van der Waals surface area (Å²) >= 11 is 3.98. The third-order valence-corrected chi connectivity index (χ3v) is 7.16. The second kappa shape index (κ2) is 7.47. The van der Waals surface area contributed by atoms with Crippen molar-refractivity contribution in [1.82, 2.24) is 5.32 Å². The third-order valence-electron chi connectivity index (χ3n) is 4.10. The topological polar surface area (TPSA) is 12.0 Å². The third kappa shape index (κ3) is 3.54. The molecule has 120 valence electrons. The average molecular weight is 350 g/mol. The standard InChI is InChI=1S/C21H19NS2/c1-4-10-16(11-5-1)19-22-20(17-12-6-2-7-13-17)24-21(23-19)18-14-8-3-9-15-18/h1-15,19-22H. The lowest BCUT2D eigenvalue weighted by molar-refractivity contribution is 0.654. The Labute approximate surface area is 151 Å². The van der Waals surface area contributed by atoms with Crippen molar-refractivity contribution in [2.45, 2.75) is 15.3 Å². The molecule has 1 aliphatic rings. The smallest absolute Gasteiger partial charge is 0.0815 e. The van der Waals surface area contributed by atoms with Crippen LogP contribution in [0.4, 0.5) is 0 Å². The zero-order valence-electron chi connectivity index (χ0n) is 13.2. The largest absolute Gasteiger partial charge is 0.286 e. The number of hydrogen-bond acceptors (Lipinski definition) is 3. The SMILES string of the molecule is c1ccc(C2NC(c3ccccc3)SC(c3ccccc3)S2)cc1. The molecular formula is C21H19NS2. The zero-order chi connectivity index (χ0) is 16.2. The molecule has 0 saturated carbocycles. The van der Waals surface area contributed by atoms with E-state index >= 15 is 0 Å². The van der Waals surface area contributed by atoms with E-state index in [9.17, 15) is 0 Å². The Hall–Kier alpha value is -1.68. The fourth-order valence-electron chi connectivity index (χ4n) is 2.87. The van der Waals surface area contributed by atoms with Crippen LogP contribution in [0.15, 0.2) is 91.0 Å². The van der Waals surface area contributed by atoms with E-state index in [0.717, 1.165) is 0 Å². The molecule has 3 heteroatoms. The van der Waals surface area contributed by atoms with E-state index in [-0.39, 0.29) is 0 Å². The van der Waals surface area contributed by atoms with Crippen LogP contribution in [0, 0.1) is 0 Å². The van der Waals surface area contributed by atoms with Gasteiger partial charge in [-0.1, -0.05) is 91.0 Å². The molecule has 1 aliphatic heterocycles. The monoisotopic (exact) mass is 349 g/mol. The predicted molar refractivity (Wildman–Crippen MR) is 106 cm³/mol. The maximum absolute atomic E-state index is 3.81. The van der Waals surface area contributed by atoms with E-state index in [1.165, 1.54) is 16.7 Å². The van der Waals surface area contributed by atoms with Gasteiger partial charge in [-0.15, -0.1) is 23.5 Å². The summed E-state index contributed by atoms with van der Waals surface area (Å²) in [7, 11) is 0. The van der Waals surface area contributed by atoms with Crippen molar-refractivity contribution in [3.63, 3.8) is 0 Å². The van der Waals surface area contributed by atoms with Crippen LogP contribution >= 0.6 is 23.5 Å². The fourth-order valence-corrected chi connectivity index (χ4v) is 6.06. The van der Waals surface area contributed by atoms with Crippen molar-refractivity contribution >= 4 is 23.5 Å². The minimum absolute atomic E-state index is 0.294. The van der Waals surface area contributed by atoms with E-state index in [1.54, 1.807) is 0 Å². The molecule has 0 aromatic heterocycles. The summed E-state index contributed by atoms with van der Waals surface area (Å²) in [4.78, 5) is 0. The number of thioether (sulfide) groups is 2. The van der Waals surface area contributed by atoms with Crippen LogP contribution in [0.5, 0.6) is 0 Å². The summed E-state index contributed by atoms with van der Waals surface area (Å²) in [5, 5.41) is 4.40. The molecule has 2 atom stereocenters. The van der Waals surface area contributed by atoms with E-state index in [1.807, 2.05) is 23.5 Å². The Morgan fingerprint density at radius 2 is 0.875 bits per heavy atom. The molecule has 3 aromatic rings. The molecule has 0 radical (unpaired) electrons. The first-order valence-corrected chi connectivity index (χ1v) is 10.0. The Balaban J connectivity index is 1.66. The highest BCUT2D eigenvalue weighted by Crippen LogP contribution is 2.55. The molecular weight excluding hydrogens is 330 g/mol. The second-order valence-electron chi connectivity index (χ2n) is 5.76. The summed E-state index contributed by atoms with van der Waals surface area (Å²) < 4.78 is 0.419. The highest BCUT2D eigenvalue weighted by atomic mass is 32.2. The Bertz CT molecular complexity index is 647. The molecule has 0 aliphatic carbocycles. The minimum Gasteiger partial charge on any atom is -0.286 e. The zero-order valence-corrected chi connectivity index (χ0v) is 14.8. The molecule has 0 bridgehead atoms. The Morgan fingerprint density at radius 1 is 0.500 bits per heavy atom. The number of rotatable bonds is 3. The second-order valence-corrected chi connectivity index (χ2v) is 8.49. The Kier molecular flexibility index (Phi) is 4.93. The van der Waals surface area contributed by atoms with Crippen LogP contribution < -0.4 is 5.32 Å². The molecule has 1 saturated heterocycles. The lowest BCUT2D eigenvalue weighted by atomic mass is 10.2. The van der Waals surface area contributed by atoms with Gasteiger partial charge in [0.2, 0.25) is 0 Å². The molecule has 1 N–H and O–H groups in total. The van der Waals surface area contributed by atoms with E-state index in [0.29, 0.717) is 15.3 Å². The van der Waals surface area contributed by atoms with Crippen molar-refractivity contribution < 1.29 is 0 Å². The van der Waals surface area contributed by atoms with Gasteiger partial charge in [-0.3, -0.25) is 5.32 Å². The number of nitrogens with one attached hydrogen (secondary N) is 1. The quantitative estimate of drug-likeness (QED) is 0.609. The van der Waals surface area contributed by atoms with Crippen LogP contribution in [0.1, 0.15) is 32.0 Å². The molecule has 2 unspecified atom stereocenters. The normalized spacial score (nSPS) is 23.8. The van der Waals surface area contributed by atoms with Gasteiger partial charge in [-0.05, 0) is 16.7 Å². The summed E-state index contributed by atoms with van der Waals surface area (Å²) in [6.45, 7) is 0. The van der Waals surface area contributed by atoms with E-state index < -0.39 is 0 Å². The highest BCUT2D eigenvalue weighted by Gasteiger charge is 2.31. The van der Waals surface area contributed by atoms with Crippen molar-refractivity contribution in [3.8, 4) is 0 Å². The van der Waals surface area contributed by atoms with Crippen molar-refractivity contribution in [2.24, 2.45) is 0 Å². The Morgan fingerprint density at radius 3 is 1.29 bits per heavy atom. The van der Waals surface area contributed by atoms with Crippen LogP contribution in [-0.4, -0.2) is 0 Å². The summed E-state index contributed by atoms with van der Waals surface area (Å²) in [5.74, 6) is 0. The lowest BCUT2D eigenvalue weighted by Gasteiger charge is -2.36. The van der Waals surface area contributed by atoms with Gasteiger partial charge >= 0.3 is 0 Å². The molecule has 1 heterocycles. The first-order chi connectivity index (χ1) is 11.9. The first-order valence-electron chi connectivity index (χ1n) is 8.12. The predicted octanol–water partition coefficient (Wildman–Crippen LogP) is 6.15. The first kappa shape index (κ1) is 15.8. The summed E-state index contributed by atoms with van der Waals surface area (Å²) in [6, 6.07) is 32.3. The highest BCUT2D eigenvalue weighted by molar-refractivity contribution is 8.17. The van der Waals surface area contributed by atoms with Gasteiger partial charge in [0.25, 0.3) is 0 Å². The molecule has 3 aromatic carbocycles. The maximum Gasteiger partial charge on any atom is 0.0815 e. The maximum atomic E-state index is 3.81. The summed E-state index contributed by atoms with van der Waals surface area (Å²) in [5.41, 5.74) is 4.06. The molecule has 0 amide bonds. The van der Waals surface area contributed by atoms with Crippen LogP contribution in [0.2, 0.25) is 0 Å². The minimum atomic E-state index is 0.294. The van der Waals surface area contributed by atoms with Crippen LogP contribution in [0.25, 0.3) is 0 Å². The van der Waals surface area contributed by atoms with Gasteiger partial charge < -0.3 is 0 Å². The summed E-state index contributed by atoms with van der Waals surface area (Å²) in [6.07, 6.45) is 0. The molecule has 24 heavy (non-hydrogen) atoms. The van der Waals surface area contributed by atoms with Crippen molar-refractivity contribution in [3.05, 3.63) is 108 Å². The van der Waals surface area contributed by atoms with Crippen molar-refractivity contribution in [1.29, 1.82) is 0 Å². The molecule has 4 rings (SSSR count). The van der Waals surface area contributed by atoms with Gasteiger partial charge in [-0.25, -0.2) is 0 Å². The molecule has 0 spiro atoms. The van der Waals surface area contributed by atoms with Gasteiger partial charge in [0.05, 0.1) is 15.3 Å². The van der Waals surface area contributed by atoms with Crippen molar-refractivity contribution in [2.75, 3.05) is 0 Å². The van der Waals surface area contributed by atoms with Crippen LogP contribution in [-0.2, 0) is 0 Å². The van der Waals surface area contributed by atoms with Gasteiger partial charge in [0.15, 0.2) is 0 Å². The average Bonchev–Trinajstić information content (AvgIpc) is 2.70. The molecule has 1 nitrogen and oxygen atoms in total. The number of benzene rings is 3. The van der Waals surface area contributed by atoms with Gasteiger partial charge in [-0.2, -0.15) is 0 Å². The molecule has 1 fully saturated rings. The fraction of sp³-hybridized carbons (Fsp3) is 0.143. The van der Waals surface area contributed by atoms with E-state index in [4.69, 9.17) is 0 Å².